The molecule has 0 saturated carbocycles. The molecule has 1 heterocycles. The summed E-state index contributed by atoms with van der Waals surface area (Å²) in [6.45, 7) is -0.243. The van der Waals surface area contributed by atoms with E-state index >= 15 is 0 Å². The molecule has 0 aromatic heterocycles. The number of carbonyl (C=O) groups is 2. The Morgan fingerprint density at radius 2 is 1.71 bits per heavy atom. The largest absolute Gasteiger partial charge is 0.504 e. The Morgan fingerprint density at radius 3 is 2.37 bits per heavy atom. The number of unbranched alkanes of at least 4 members (excludes halogenated alkanes) is 5. The number of aliphatic hydroxyl groups is 3. The lowest BCUT2D eigenvalue weighted by molar-refractivity contribution is -0.269. The smallest absolute Gasteiger partial charge is 0.305 e. The summed E-state index contributed by atoms with van der Waals surface area (Å²) < 4.78 is 21.0. The molecule has 2 rings (SSSR count). The van der Waals surface area contributed by atoms with E-state index in [1.807, 2.05) is 0 Å². The van der Waals surface area contributed by atoms with Gasteiger partial charge in [-0.3, -0.25) is 9.59 Å². The van der Waals surface area contributed by atoms with Gasteiger partial charge in [-0.05, 0) is 31.0 Å². The maximum absolute atomic E-state index is 12.8. The molecule has 198 valence electrons. The third-order valence-electron chi connectivity index (χ3n) is 5.91. The molecule has 1 aromatic rings. The van der Waals surface area contributed by atoms with Crippen LogP contribution in [0, 0.1) is 0 Å². The average molecular weight is 500 g/mol. The normalized spacial score (nSPS) is 24.1. The predicted octanol–water partition coefficient (Wildman–Crippen LogP) is 0.858. The Bertz CT molecular complexity index is 805. The van der Waals surface area contributed by atoms with Gasteiger partial charge in [0, 0.05) is 18.6 Å². The Morgan fingerprint density at radius 1 is 1.03 bits per heavy atom. The number of amides is 1. The number of methoxy groups -OCH3 is 2. The highest BCUT2D eigenvalue weighted by molar-refractivity contribution is 5.95. The van der Waals surface area contributed by atoms with Gasteiger partial charge in [0.1, 0.15) is 24.4 Å². The molecule has 5 atom stereocenters. The number of ether oxygens (including phenoxy) is 4. The van der Waals surface area contributed by atoms with Gasteiger partial charge in [-0.15, -0.1) is 0 Å². The van der Waals surface area contributed by atoms with Crippen molar-refractivity contribution in [1.82, 2.24) is 5.32 Å². The van der Waals surface area contributed by atoms with Crippen LogP contribution in [0.15, 0.2) is 18.2 Å². The van der Waals surface area contributed by atoms with Crippen molar-refractivity contribution in [3.8, 4) is 11.5 Å². The standard InChI is InChI=1S/C24H37NO10/c1-32-17-13-15(10-11-16(17)27)23(31)25-20-22(30)21(29)18(14-26)35-24(20)34-12-8-6-4-3-5-7-9-19(28)33-2/h10-11,13,18,20-22,24,26-27,29-30H,3-9,12,14H2,1-2H3,(H,25,31)/t18?,20?,21-,22?,24-/m1/s1. The summed E-state index contributed by atoms with van der Waals surface area (Å²) in [7, 11) is 2.73. The number of hydrogen-bond acceptors (Lipinski definition) is 10. The number of carbonyl (C=O) groups excluding carboxylic acids is 2. The fraction of sp³-hybridized carbons (Fsp3) is 0.667. The monoisotopic (exact) mass is 499 g/mol. The second kappa shape index (κ2) is 14.8. The second-order valence-electron chi connectivity index (χ2n) is 8.41. The molecule has 1 aliphatic heterocycles. The molecule has 0 radical (unpaired) electrons. The van der Waals surface area contributed by atoms with Gasteiger partial charge in [-0.2, -0.15) is 0 Å². The molecule has 1 aliphatic rings. The van der Waals surface area contributed by atoms with E-state index in [1.165, 1.54) is 32.4 Å². The summed E-state index contributed by atoms with van der Waals surface area (Å²) in [6, 6.07) is 2.94. The molecule has 5 N–H and O–H groups in total. The second-order valence-corrected chi connectivity index (χ2v) is 8.41. The van der Waals surface area contributed by atoms with Crippen molar-refractivity contribution in [2.24, 2.45) is 0 Å². The highest BCUT2D eigenvalue weighted by Crippen LogP contribution is 2.27. The molecule has 1 fully saturated rings. The first-order valence-corrected chi connectivity index (χ1v) is 11.8. The van der Waals surface area contributed by atoms with Gasteiger partial charge in [0.15, 0.2) is 17.8 Å². The fourth-order valence-electron chi connectivity index (χ4n) is 3.81. The van der Waals surface area contributed by atoms with E-state index < -0.39 is 43.2 Å². The number of phenols is 1. The molecule has 1 amide bonds. The molecule has 11 heteroatoms. The highest BCUT2D eigenvalue weighted by Gasteiger charge is 2.45. The van der Waals surface area contributed by atoms with Crippen LogP contribution in [0.5, 0.6) is 11.5 Å². The number of benzene rings is 1. The lowest BCUT2D eigenvalue weighted by Gasteiger charge is -2.42. The minimum absolute atomic E-state index is 0.108. The zero-order valence-corrected chi connectivity index (χ0v) is 20.2. The third-order valence-corrected chi connectivity index (χ3v) is 5.91. The van der Waals surface area contributed by atoms with Crippen LogP contribution in [-0.4, -0.2) is 90.4 Å². The zero-order valence-electron chi connectivity index (χ0n) is 20.2. The zero-order chi connectivity index (χ0) is 25.8. The van der Waals surface area contributed by atoms with Crippen LogP contribution in [0.3, 0.4) is 0 Å². The van der Waals surface area contributed by atoms with Crippen molar-refractivity contribution in [3.05, 3.63) is 23.8 Å². The summed E-state index contributed by atoms with van der Waals surface area (Å²) in [6.07, 6.45) is 0.634. The summed E-state index contributed by atoms with van der Waals surface area (Å²) in [4.78, 5) is 23.9. The summed E-state index contributed by atoms with van der Waals surface area (Å²) >= 11 is 0. The summed E-state index contributed by atoms with van der Waals surface area (Å²) in [5, 5.41) is 42.7. The predicted molar refractivity (Wildman–Crippen MR) is 124 cm³/mol. The van der Waals surface area contributed by atoms with Crippen LogP contribution in [-0.2, 0) is 19.0 Å². The lowest BCUT2D eigenvalue weighted by Crippen LogP contribution is -2.64. The van der Waals surface area contributed by atoms with Crippen molar-refractivity contribution in [2.75, 3.05) is 27.4 Å². The van der Waals surface area contributed by atoms with E-state index in [9.17, 15) is 30.0 Å². The number of phenolic OH excluding ortho intramolecular Hbond substituents is 1. The van der Waals surface area contributed by atoms with Gasteiger partial charge >= 0.3 is 5.97 Å². The van der Waals surface area contributed by atoms with Gasteiger partial charge in [0.05, 0.1) is 20.8 Å². The van der Waals surface area contributed by atoms with E-state index in [1.54, 1.807) is 0 Å². The SMILES string of the molecule is COC(=O)CCCCCCCCO[C@@H]1OC(CO)[C@@H](O)C(O)C1NC(=O)c1ccc(O)c(OC)c1. The van der Waals surface area contributed by atoms with Gasteiger partial charge in [-0.1, -0.05) is 25.7 Å². The molecule has 0 spiro atoms. The van der Waals surface area contributed by atoms with Crippen LogP contribution in [0.1, 0.15) is 55.3 Å². The minimum Gasteiger partial charge on any atom is -0.504 e. The Hall–Kier alpha value is -2.44. The van der Waals surface area contributed by atoms with E-state index in [0.717, 1.165) is 32.1 Å². The van der Waals surface area contributed by atoms with Crippen LogP contribution in [0.4, 0.5) is 0 Å². The topological polar surface area (TPSA) is 164 Å². The van der Waals surface area contributed by atoms with E-state index in [4.69, 9.17) is 14.2 Å². The average Bonchev–Trinajstić information content (AvgIpc) is 2.86. The molecule has 0 bridgehead atoms. The van der Waals surface area contributed by atoms with Gasteiger partial charge in [0.25, 0.3) is 5.91 Å². The molecule has 11 nitrogen and oxygen atoms in total. The van der Waals surface area contributed by atoms with E-state index in [0.29, 0.717) is 12.8 Å². The van der Waals surface area contributed by atoms with Gasteiger partial charge in [-0.25, -0.2) is 0 Å². The van der Waals surface area contributed by atoms with Crippen molar-refractivity contribution in [1.29, 1.82) is 0 Å². The minimum atomic E-state index is -1.44. The quantitative estimate of drug-likeness (QED) is 0.183. The van der Waals surface area contributed by atoms with Crippen molar-refractivity contribution in [3.63, 3.8) is 0 Å². The van der Waals surface area contributed by atoms with Crippen LogP contribution in [0.25, 0.3) is 0 Å². The van der Waals surface area contributed by atoms with E-state index in [2.05, 4.69) is 10.1 Å². The first kappa shape index (κ1) is 28.8. The molecule has 1 aromatic carbocycles. The summed E-state index contributed by atoms with van der Waals surface area (Å²) in [5.74, 6) is -0.816. The van der Waals surface area contributed by atoms with Gasteiger partial charge < -0.3 is 44.7 Å². The number of aliphatic hydroxyl groups excluding tert-OH is 3. The molecule has 1 saturated heterocycles. The summed E-state index contributed by atoms with van der Waals surface area (Å²) in [5.41, 5.74) is 0.163. The van der Waals surface area contributed by atoms with Crippen molar-refractivity contribution in [2.45, 2.75) is 75.6 Å². The number of esters is 1. The Balaban J connectivity index is 1.88. The van der Waals surface area contributed by atoms with Crippen molar-refractivity contribution < 1.29 is 49.0 Å². The molecule has 35 heavy (non-hydrogen) atoms. The van der Waals surface area contributed by atoms with Crippen LogP contribution < -0.4 is 10.1 Å². The number of nitrogens with one attached hydrogen (secondary N) is 1. The van der Waals surface area contributed by atoms with E-state index in [-0.39, 0.29) is 29.6 Å². The first-order valence-electron chi connectivity index (χ1n) is 11.8. The number of aromatic hydroxyl groups is 1. The van der Waals surface area contributed by atoms with Crippen LogP contribution in [0.2, 0.25) is 0 Å². The molecule has 0 aliphatic carbocycles. The first-order chi connectivity index (χ1) is 16.8. The van der Waals surface area contributed by atoms with Gasteiger partial charge in [0.2, 0.25) is 0 Å². The van der Waals surface area contributed by atoms with Crippen LogP contribution >= 0.6 is 0 Å². The Kier molecular flexibility index (Phi) is 12.2. The Labute approximate surface area is 204 Å². The number of hydrogen-bond donors (Lipinski definition) is 5. The third kappa shape index (κ3) is 8.62. The fourth-order valence-corrected chi connectivity index (χ4v) is 3.81. The maximum Gasteiger partial charge on any atom is 0.305 e. The molecular weight excluding hydrogens is 462 g/mol. The lowest BCUT2D eigenvalue weighted by atomic mass is 9.96. The molecule has 3 unspecified atom stereocenters. The van der Waals surface area contributed by atoms with Crippen molar-refractivity contribution >= 4 is 11.9 Å². The number of rotatable bonds is 14. The highest BCUT2D eigenvalue weighted by atomic mass is 16.7. The molecular formula is C24H37NO10. The maximum atomic E-state index is 12.8.